The zero-order valence-electron chi connectivity index (χ0n) is 12.3. The van der Waals surface area contributed by atoms with Gasteiger partial charge in [-0.15, -0.1) is 0 Å². The number of hydrogen-bond donors (Lipinski definition) is 1. The molecule has 2 heterocycles. The van der Waals surface area contributed by atoms with Crippen LogP contribution in [0.4, 0.5) is 0 Å². The van der Waals surface area contributed by atoms with E-state index in [0.29, 0.717) is 6.10 Å². The first-order valence-corrected chi connectivity index (χ1v) is 8.50. The van der Waals surface area contributed by atoms with E-state index in [0.717, 1.165) is 31.7 Å². The lowest BCUT2D eigenvalue weighted by atomic mass is 9.78. The average molecular weight is 266 g/mol. The number of fused-ring (bicyclic) bond motifs is 1. The molecule has 19 heavy (non-hydrogen) atoms. The fourth-order valence-electron chi connectivity index (χ4n) is 4.30. The number of piperidine rings is 1. The Kier molecular flexibility index (Phi) is 5.14. The van der Waals surface area contributed by atoms with Gasteiger partial charge in [-0.2, -0.15) is 0 Å². The van der Waals surface area contributed by atoms with E-state index >= 15 is 0 Å². The third-order valence-electron chi connectivity index (χ3n) is 5.33. The molecule has 3 heteroatoms. The predicted molar refractivity (Wildman–Crippen MR) is 78.4 cm³/mol. The lowest BCUT2D eigenvalue weighted by Gasteiger charge is -2.44. The van der Waals surface area contributed by atoms with Crippen LogP contribution in [0.1, 0.15) is 51.4 Å². The molecule has 1 unspecified atom stereocenters. The van der Waals surface area contributed by atoms with Crippen LogP contribution >= 0.6 is 0 Å². The monoisotopic (exact) mass is 266 g/mol. The minimum absolute atomic E-state index is 0.490. The van der Waals surface area contributed by atoms with Crippen LogP contribution in [0.5, 0.6) is 0 Å². The quantitative estimate of drug-likeness (QED) is 0.773. The predicted octanol–water partition coefficient (Wildman–Crippen LogP) is 2.41. The summed E-state index contributed by atoms with van der Waals surface area (Å²) in [5.41, 5.74) is 0. The van der Waals surface area contributed by atoms with Gasteiger partial charge in [-0.05, 0) is 51.0 Å². The molecule has 0 radical (unpaired) electrons. The number of nitrogens with one attached hydrogen (secondary N) is 1. The number of nitrogens with zero attached hydrogens (tertiary/aromatic N) is 1. The summed E-state index contributed by atoms with van der Waals surface area (Å²) in [5.74, 6) is 1.01. The summed E-state index contributed by atoms with van der Waals surface area (Å²) >= 11 is 0. The van der Waals surface area contributed by atoms with E-state index in [9.17, 15) is 0 Å². The standard InChI is InChI=1S/C16H30N2O/c1-2-8-16-14(5-1)6-3-10-18(16)11-9-17-13-15-7-4-12-19-15/h14-17H,1-13H2/t14-,15?,16-/m1/s1. The smallest absolute Gasteiger partial charge is 0.0700 e. The summed E-state index contributed by atoms with van der Waals surface area (Å²) < 4.78 is 5.65. The molecule has 1 N–H and O–H groups in total. The van der Waals surface area contributed by atoms with Crippen molar-refractivity contribution in [3.05, 3.63) is 0 Å². The normalized spacial score (nSPS) is 36.3. The van der Waals surface area contributed by atoms with Gasteiger partial charge < -0.3 is 10.1 Å². The van der Waals surface area contributed by atoms with Crippen LogP contribution in [0, 0.1) is 5.92 Å². The summed E-state index contributed by atoms with van der Waals surface area (Å²) in [5, 5.41) is 3.60. The zero-order chi connectivity index (χ0) is 12.9. The number of hydrogen-bond acceptors (Lipinski definition) is 3. The highest BCUT2D eigenvalue weighted by Crippen LogP contribution is 2.34. The summed E-state index contributed by atoms with van der Waals surface area (Å²) in [6.07, 6.45) is 11.8. The molecule has 3 aliphatic rings. The highest BCUT2D eigenvalue weighted by molar-refractivity contribution is 4.87. The van der Waals surface area contributed by atoms with Crippen molar-refractivity contribution in [1.29, 1.82) is 0 Å². The van der Waals surface area contributed by atoms with Gasteiger partial charge in [0.1, 0.15) is 0 Å². The molecule has 2 saturated heterocycles. The van der Waals surface area contributed by atoms with Crippen LogP contribution in [-0.4, -0.2) is 49.8 Å². The van der Waals surface area contributed by atoms with E-state index in [1.165, 1.54) is 64.5 Å². The topological polar surface area (TPSA) is 24.5 Å². The van der Waals surface area contributed by atoms with E-state index < -0.39 is 0 Å². The maximum Gasteiger partial charge on any atom is 0.0700 e. The molecule has 1 saturated carbocycles. The third kappa shape index (κ3) is 3.71. The van der Waals surface area contributed by atoms with Gasteiger partial charge in [-0.25, -0.2) is 0 Å². The van der Waals surface area contributed by atoms with E-state index in [1.807, 2.05) is 0 Å². The largest absolute Gasteiger partial charge is 0.377 e. The van der Waals surface area contributed by atoms with Gasteiger partial charge in [0.05, 0.1) is 6.10 Å². The molecule has 2 aliphatic heterocycles. The van der Waals surface area contributed by atoms with Crippen LogP contribution in [0.2, 0.25) is 0 Å². The van der Waals surface area contributed by atoms with Gasteiger partial charge in [0.25, 0.3) is 0 Å². The first kappa shape index (κ1) is 13.8. The minimum Gasteiger partial charge on any atom is -0.377 e. The Morgan fingerprint density at radius 1 is 1.00 bits per heavy atom. The van der Waals surface area contributed by atoms with Crippen molar-refractivity contribution in [2.75, 3.05) is 32.8 Å². The zero-order valence-corrected chi connectivity index (χ0v) is 12.3. The molecule has 0 bridgehead atoms. The molecular weight excluding hydrogens is 236 g/mol. The molecule has 3 nitrogen and oxygen atoms in total. The Morgan fingerprint density at radius 3 is 2.79 bits per heavy atom. The molecule has 0 amide bonds. The number of ether oxygens (including phenoxy) is 1. The Hall–Kier alpha value is -0.120. The van der Waals surface area contributed by atoms with Crippen molar-refractivity contribution in [3.63, 3.8) is 0 Å². The van der Waals surface area contributed by atoms with E-state index in [1.54, 1.807) is 0 Å². The van der Waals surface area contributed by atoms with Gasteiger partial charge in [-0.3, -0.25) is 4.90 Å². The second kappa shape index (κ2) is 7.05. The molecule has 3 atom stereocenters. The molecule has 110 valence electrons. The Morgan fingerprint density at radius 2 is 1.89 bits per heavy atom. The molecule has 0 spiro atoms. The van der Waals surface area contributed by atoms with Crippen LogP contribution in [0.3, 0.4) is 0 Å². The summed E-state index contributed by atoms with van der Waals surface area (Å²) in [4.78, 5) is 2.77. The number of likely N-dealkylation sites (tertiary alicyclic amines) is 1. The van der Waals surface area contributed by atoms with Gasteiger partial charge in [0.2, 0.25) is 0 Å². The van der Waals surface area contributed by atoms with Gasteiger partial charge in [0.15, 0.2) is 0 Å². The van der Waals surface area contributed by atoms with Crippen LogP contribution < -0.4 is 5.32 Å². The summed E-state index contributed by atoms with van der Waals surface area (Å²) in [7, 11) is 0. The van der Waals surface area contributed by atoms with Crippen molar-refractivity contribution in [2.45, 2.75) is 63.5 Å². The SMILES string of the molecule is C1COC(CNCCN2CCC[C@H]3CCCC[C@H]32)C1. The molecule has 3 fully saturated rings. The van der Waals surface area contributed by atoms with Crippen molar-refractivity contribution >= 4 is 0 Å². The molecule has 0 aromatic carbocycles. The van der Waals surface area contributed by atoms with Crippen LogP contribution in [-0.2, 0) is 4.74 Å². The highest BCUT2D eigenvalue weighted by atomic mass is 16.5. The maximum atomic E-state index is 5.65. The van der Waals surface area contributed by atoms with E-state index in [2.05, 4.69) is 10.2 Å². The maximum absolute atomic E-state index is 5.65. The van der Waals surface area contributed by atoms with Crippen molar-refractivity contribution < 1.29 is 4.74 Å². The third-order valence-corrected chi connectivity index (χ3v) is 5.33. The first-order chi connectivity index (χ1) is 9.43. The van der Waals surface area contributed by atoms with E-state index in [-0.39, 0.29) is 0 Å². The lowest BCUT2D eigenvalue weighted by molar-refractivity contribution is 0.0599. The molecule has 0 aromatic rings. The van der Waals surface area contributed by atoms with E-state index in [4.69, 9.17) is 4.74 Å². The summed E-state index contributed by atoms with van der Waals surface area (Å²) in [6.45, 7) is 5.75. The minimum atomic E-state index is 0.490. The first-order valence-electron chi connectivity index (χ1n) is 8.50. The van der Waals surface area contributed by atoms with Crippen molar-refractivity contribution in [3.8, 4) is 0 Å². The second-order valence-corrected chi connectivity index (χ2v) is 6.63. The van der Waals surface area contributed by atoms with Gasteiger partial charge in [0, 0.05) is 32.3 Å². The fourth-order valence-corrected chi connectivity index (χ4v) is 4.30. The van der Waals surface area contributed by atoms with Crippen molar-refractivity contribution in [2.24, 2.45) is 5.92 Å². The Labute approximate surface area is 118 Å². The van der Waals surface area contributed by atoms with Gasteiger partial charge >= 0.3 is 0 Å². The fraction of sp³-hybridized carbons (Fsp3) is 1.00. The highest BCUT2D eigenvalue weighted by Gasteiger charge is 2.32. The molecule has 0 aromatic heterocycles. The molecular formula is C16H30N2O. The molecule has 1 aliphatic carbocycles. The van der Waals surface area contributed by atoms with Crippen LogP contribution in [0.15, 0.2) is 0 Å². The average Bonchev–Trinajstić information content (AvgIpc) is 2.97. The second-order valence-electron chi connectivity index (χ2n) is 6.63. The van der Waals surface area contributed by atoms with Crippen molar-refractivity contribution in [1.82, 2.24) is 10.2 Å². The van der Waals surface area contributed by atoms with Gasteiger partial charge in [-0.1, -0.05) is 12.8 Å². The number of rotatable bonds is 5. The Balaban J connectivity index is 1.36. The Bertz CT molecular complexity index is 263. The van der Waals surface area contributed by atoms with Crippen LogP contribution in [0.25, 0.3) is 0 Å². The summed E-state index contributed by atoms with van der Waals surface area (Å²) in [6, 6.07) is 0.909. The molecule has 3 rings (SSSR count). The lowest BCUT2D eigenvalue weighted by Crippen LogP contribution is -2.49.